The molecule has 18 heavy (non-hydrogen) atoms. The van der Waals surface area contributed by atoms with Gasteiger partial charge in [-0.25, -0.2) is 9.97 Å². The van der Waals surface area contributed by atoms with E-state index in [2.05, 4.69) is 9.97 Å². The van der Waals surface area contributed by atoms with Crippen molar-refractivity contribution in [3.8, 4) is 11.3 Å². The standard InChI is InChI=1S/C12H12N4OS/c13-8-3-9(10-5-18-7-15-10)12-11(4-8)16(1-2-17)6-14-12/h3-7,17H,1-2,13H2. The van der Waals surface area contributed by atoms with Crippen LogP contribution >= 0.6 is 11.3 Å². The number of thiazole rings is 1. The van der Waals surface area contributed by atoms with Crippen LogP contribution in [0.5, 0.6) is 0 Å². The first-order valence-corrected chi connectivity index (χ1v) is 6.47. The van der Waals surface area contributed by atoms with E-state index in [-0.39, 0.29) is 6.61 Å². The molecule has 0 fully saturated rings. The molecule has 0 bridgehead atoms. The topological polar surface area (TPSA) is 77.0 Å². The lowest BCUT2D eigenvalue weighted by atomic mass is 10.1. The van der Waals surface area contributed by atoms with E-state index < -0.39 is 0 Å². The SMILES string of the molecule is Nc1cc(-c2cscn2)c2ncn(CCO)c2c1. The van der Waals surface area contributed by atoms with Gasteiger partial charge in [0.15, 0.2) is 0 Å². The van der Waals surface area contributed by atoms with Gasteiger partial charge in [-0.1, -0.05) is 0 Å². The van der Waals surface area contributed by atoms with Gasteiger partial charge in [-0.3, -0.25) is 0 Å². The number of imidazole rings is 1. The molecule has 0 saturated heterocycles. The summed E-state index contributed by atoms with van der Waals surface area (Å²) in [6.45, 7) is 0.586. The molecule has 0 aliphatic heterocycles. The van der Waals surface area contributed by atoms with Crippen molar-refractivity contribution in [2.24, 2.45) is 0 Å². The average molecular weight is 260 g/mol. The number of aromatic nitrogens is 3. The maximum Gasteiger partial charge on any atom is 0.0980 e. The number of nitrogen functional groups attached to an aromatic ring is 1. The Morgan fingerprint density at radius 3 is 2.94 bits per heavy atom. The van der Waals surface area contributed by atoms with Crippen molar-refractivity contribution in [1.82, 2.24) is 14.5 Å². The smallest absolute Gasteiger partial charge is 0.0980 e. The molecule has 0 amide bonds. The van der Waals surface area contributed by atoms with E-state index in [1.807, 2.05) is 22.1 Å². The number of aliphatic hydroxyl groups excluding tert-OH is 1. The predicted molar refractivity (Wildman–Crippen MR) is 72.3 cm³/mol. The lowest BCUT2D eigenvalue weighted by Gasteiger charge is -2.04. The van der Waals surface area contributed by atoms with Gasteiger partial charge in [0.05, 0.1) is 35.2 Å². The monoisotopic (exact) mass is 260 g/mol. The van der Waals surface area contributed by atoms with Gasteiger partial charge in [0.2, 0.25) is 0 Å². The molecule has 6 heteroatoms. The Hall–Kier alpha value is -1.92. The minimum atomic E-state index is 0.0757. The highest BCUT2D eigenvalue weighted by atomic mass is 32.1. The van der Waals surface area contributed by atoms with Crippen LogP contribution in [-0.2, 0) is 6.54 Å². The number of benzene rings is 1. The number of nitrogens with zero attached hydrogens (tertiary/aromatic N) is 3. The molecule has 5 nitrogen and oxygen atoms in total. The highest BCUT2D eigenvalue weighted by Crippen LogP contribution is 2.30. The third-order valence-electron chi connectivity index (χ3n) is 2.80. The zero-order valence-electron chi connectivity index (χ0n) is 9.58. The molecule has 1 aromatic carbocycles. The molecule has 0 aliphatic carbocycles. The Kier molecular flexibility index (Phi) is 2.73. The average Bonchev–Trinajstić information content (AvgIpc) is 2.99. The second-order valence-electron chi connectivity index (χ2n) is 3.97. The molecular formula is C12H12N4OS. The molecule has 3 N–H and O–H groups in total. The van der Waals surface area contributed by atoms with Crippen molar-refractivity contribution in [2.45, 2.75) is 6.54 Å². The second kappa shape index (κ2) is 4.40. The summed E-state index contributed by atoms with van der Waals surface area (Å²) in [5.74, 6) is 0. The Balaban J connectivity index is 2.26. The van der Waals surface area contributed by atoms with Crippen molar-refractivity contribution in [3.63, 3.8) is 0 Å². The Morgan fingerprint density at radius 2 is 2.22 bits per heavy atom. The van der Waals surface area contributed by atoms with E-state index in [1.54, 1.807) is 11.8 Å². The number of rotatable bonds is 3. The fourth-order valence-electron chi connectivity index (χ4n) is 2.01. The van der Waals surface area contributed by atoms with Crippen molar-refractivity contribution >= 4 is 28.1 Å². The van der Waals surface area contributed by atoms with Crippen LogP contribution in [0.25, 0.3) is 22.3 Å². The van der Waals surface area contributed by atoms with Crippen molar-refractivity contribution in [3.05, 3.63) is 29.4 Å². The minimum absolute atomic E-state index is 0.0757. The zero-order chi connectivity index (χ0) is 12.5. The highest BCUT2D eigenvalue weighted by molar-refractivity contribution is 7.07. The molecule has 3 rings (SSSR count). The largest absolute Gasteiger partial charge is 0.399 e. The number of fused-ring (bicyclic) bond motifs is 1. The van der Waals surface area contributed by atoms with E-state index in [0.717, 1.165) is 22.3 Å². The summed E-state index contributed by atoms with van der Waals surface area (Å²) >= 11 is 1.54. The zero-order valence-corrected chi connectivity index (χ0v) is 10.4. The van der Waals surface area contributed by atoms with Crippen LogP contribution in [0.3, 0.4) is 0 Å². The fourth-order valence-corrected chi connectivity index (χ4v) is 2.56. The Labute approximate surface area is 108 Å². The van der Waals surface area contributed by atoms with E-state index in [4.69, 9.17) is 10.8 Å². The van der Waals surface area contributed by atoms with Crippen LogP contribution in [0, 0.1) is 0 Å². The summed E-state index contributed by atoms with van der Waals surface area (Å²) in [5, 5.41) is 11.0. The molecule has 0 saturated carbocycles. The van der Waals surface area contributed by atoms with E-state index in [9.17, 15) is 0 Å². The molecule has 2 heterocycles. The van der Waals surface area contributed by atoms with Crippen LogP contribution in [0.2, 0.25) is 0 Å². The normalized spacial score (nSPS) is 11.2. The number of aliphatic hydroxyl groups is 1. The Bertz CT molecular complexity index is 675. The van der Waals surface area contributed by atoms with Gasteiger partial charge in [0.25, 0.3) is 0 Å². The molecular weight excluding hydrogens is 248 g/mol. The summed E-state index contributed by atoms with van der Waals surface area (Å²) < 4.78 is 1.89. The van der Waals surface area contributed by atoms with Gasteiger partial charge < -0.3 is 15.4 Å². The maximum absolute atomic E-state index is 9.03. The fraction of sp³-hybridized carbons (Fsp3) is 0.167. The van der Waals surface area contributed by atoms with E-state index in [1.165, 1.54) is 11.3 Å². The summed E-state index contributed by atoms with van der Waals surface area (Å²) in [5.41, 5.74) is 12.0. The van der Waals surface area contributed by atoms with Crippen molar-refractivity contribution in [1.29, 1.82) is 0 Å². The highest BCUT2D eigenvalue weighted by Gasteiger charge is 2.11. The van der Waals surface area contributed by atoms with Crippen LogP contribution in [0.15, 0.2) is 29.4 Å². The molecule has 0 unspecified atom stereocenters. The number of hydrogen-bond donors (Lipinski definition) is 2. The lowest BCUT2D eigenvalue weighted by molar-refractivity contribution is 0.278. The van der Waals surface area contributed by atoms with Crippen molar-refractivity contribution in [2.75, 3.05) is 12.3 Å². The summed E-state index contributed by atoms with van der Waals surface area (Å²) in [4.78, 5) is 8.69. The maximum atomic E-state index is 9.03. The van der Waals surface area contributed by atoms with Gasteiger partial charge in [0, 0.05) is 23.2 Å². The van der Waals surface area contributed by atoms with Gasteiger partial charge in [-0.2, -0.15) is 0 Å². The molecule has 0 spiro atoms. The van der Waals surface area contributed by atoms with Gasteiger partial charge >= 0.3 is 0 Å². The number of nitrogens with two attached hydrogens (primary N) is 1. The molecule has 92 valence electrons. The quantitative estimate of drug-likeness (QED) is 0.703. The van der Waals surface area contributed by atoms with Crippen molar-refractivity contribution < 1.29 is 5.11 Å². The Morgan fingerprint density at radius 1 is 1.33 bits per heavy atom. The summed E-state index contributed by atoms with van der Waals surface area (Å²) in [7, 11) is 0. The first kappa shape index (κ1) is 11.2. The lowest BCUT2D eigenvalue weighted by Crippen LogP contribution is -2.00. The molecule has 0 aliphatic rings. The van der Waals surface area contributed by atoms with E-state index in [0.29, 0.717) is 12.2 Å². The van der Waals surface area contributed by atoms with Gasteiger partial charge in [0.1, 0.15) is 0 Å². The molecule has 0 atom stereocenters. The summed E-state index contributed by atoms with van der Waals surface area (Å²) in [6.07, 6.45) is 1.72. The third kappa shape index (κ3) is 1.75. The summed E-state index contributed by atoms with van der Waals surface area (Å²) in [6, 6.07) is 3.75. The van der Waals surface area contributed by atoms with E-state index >= 15 is 0 Å². The van der Waals surface area contributed by atoms with Gasteiger partial charge in [-0.05, 0) is 12.1 Å². The molecule has 2 aromatic heterocycles. The second-order valence-corrected chi connectivity index (χ2v) is 4.69. The van der Waals surface area contributed by atoms with Crippen LogP contribution in [-0.4, -0.2) is 26.2 Å². The number of anilines is 1. The van der Waals surface area contributed by atoms with Crippen LogP contribution in [0.4, 0.5) is 5.69 Å². The third-order valence-corrected chi connectivity index (χ3v) is 3.38. The van der Waals surface area contributed by atoms with Crippen LogP contribution < -0.4 is 5.73 Å². The number of hydrogen-bond acceptors (Lipinski definition) is 5. The first-order valence-electron chi connectivity index (χ1n) is 5.53. The van der Waals surface area contributed by atoms with Gasteiger partial charge in [-0.15, -0.1) is 11.3 Å². The minimum Gasteiger partial charge on any atom is -0.399 e. The molecule has 3 aromatic rings. The first-order chi connectivity index (χ1) is 8.79. The van der Waals surface area contributed by atoms with Crippen LogP contribution in [0.1, 0.15) is 0 Å². The predicted octanol–water partition coefficient (Wildman–Crippen LogP) is 1.73. The molecule has 0 radical (unpaired) electrons.